The Morgan fingerprint density at radius 2 is 1.88 bits per heavy atom. The summed E-state index contributed by atoms with van der Waals surface area (Å²) in [5.41, 5.74) is 4.51. The summed E-state index contributed by atoms with van der Waals surface area (Å²) < 4.78 is 11.1. The van der Waals surface area contributed by atoms with Gasteiger partial charge in [-0.1, -0.05) is 24.6 Å². The van der Waals surface area contributed by atoms with E-state index in [4.69, 9.17) is 21.1 Å². The third-order valence-corrected chi connectivity index (χ3v) is 7.41. The normalized spacial score (nSPS) is 17.8. The first-order valence-electron chi connectivity index (χ1n) is 11.0. The van der Waals surface area contributed by atoms with Crippen LogP contribution in [0.2, 0.25) is 5.02 Å². The van der Waals surface area contributed by atoms with E-state index in [0.717, 1.165) is 53.2 Å². The lowest BCUT2D eigenvalue weighted by molar-refractivity contribution is -0.0472. The number of piperidine rings is 1. The highest BCUT2D eigenvalue weighted by atomic mass is 35.5. The summed E-state index contributed by atoms with van der Waals surface area (Å²) in [4.78, 5) is 20.3. The van der Waals surface area contributed by atoms with Crippen LogP contribution < -0.4 is 0 Å². The smallest absolute Gasteiger partial charge is 0.253 e. The summed E-state index contributed by atoms with van der Waals surface area (Å²) in [6.45, 7) is 5.06. The molecular formula is C25H25ClN2O3S. The highest BCUT2D eigenvalue weighted by Gasteiger charge is 2.23. The Balaban J connectivity index is 1.35. The lowest BCUT2D eigenvalue weighted by Crippen LogP contribution is -2.37. The zero-order valence-electron chi connectivity index (χ0n) is 17.9. The van der Waals surface area contributed by atoms with Gasteiger partial charge in [0.15, 0.2) is 0 Å². The summed E-state index contributed by atoms with van der Waals surface area (Å²) in [5.74, 6) is 0.755. The Bertz CT molecular complexity index is 1120. The van der Waals surface area contributed by atoms with Gasteiger partial charge in [-0.15, -0.1) is 11.3 Å². The van der Waals surface area contributed by atoms with Crippen molar-refractivity contribution in [2.75, 3.05) is 26.3 Å². The molecule has 1 aromatic carbocycles. The minimum Gasteiger partial charge on any atom is -0.345 e. The van der Waals surface area contributed by atoms with Gasteiger partial charge >= 0.3 is 0 Å². The second-order valence-corrected chi connectivity index (χ2v) is 9.73. The molecule has 7 heteroatoms. The van der Waals surface area contributed by atoms with E-state index in [9.17, 15) is 4.79 Å². The van der Waals surface area contributed by atoms with Crippen molar-refractivity contribution < 1.29 is 14.3 Å². The molecule has 32 heavy (non-hydrogen) atoms. The van der Waals surface area contributed by atoms with Crippen molar-refractivity contribution in [1.82, 2.24) is 9.88 Å². The number of hydrogen-bond acceptors (Lipinski definition) is 5. The Morgan fingerprint density at radius 1 is 1.09 bits per heavy atom. The van der Waals surface area contributed by atoms with Crippen LogP contribution in [0, 0.1) is 5.92 Å². The quantitative estimate of drug-likeness (QED) is 0.467. The average molecular weight is 469 g/mol. The molecule has 3 aromatic rings. The van der Waals surface area contributed by atoms with Crippen LogP contribution in [0.5, 0.6) is 0 Å². The molecule has 0 bridgehead atoms. The first-order chi connectivity index (χ1) is 15.6. The van der Waals surface area contributed by atoms with Gasteiger partial charge in [-0.2, -0.15) is 0 Å². The summed E-state index contributed by atoms with van der Waals surface area (Å²) in [6, 6.07) is 11.7. The number of pyridine rings is 1. The maximum absolute atomic E-state index is 12.9. The first kappa shape index (κ1) is 21.6. The lowest BCUT2D eigenvalue weighted by Gasteiger charge is -2.30. The number of aromatic nitrogens is 1. The molecule has 2 saturated heterocycles. The monoisotopic (exact) mass is 468 g/mol. The highest BCUT2D eigenvalue weighted by molar-refractivity contribution is 7.14. The minimum atomic E-state index is -0.393. The maximum atomic E-state index is 12.9. The van der Waals surface area contributed by atoms with Gasteiger partial charge in [-0.25, -0.2) is 0 Å². The maximum Gasteiger partial charge on any atom is 0.253 e. The average Bonchev–Trinajstić information content (AvgIpc) is 3.52. The number of amides is 1. The Morgan fingerprint density at radius 3 is 2.62 bits per heavy atom. The zero-order chi connectivity index (χ0) is 22.1. The van der Waals surface area contributed by atoms with Crippen LogP contribution in [0.15, 0.2) is 48.0 Å². The third kappa shape index (κ3) is 4.46. The molecule has 0 saturated carbocycles. The minimum absolute atomic E-state index is 0.0675. The number of carbonyl (C=O) groups is 1. The molecule has 166 valence electrons. The molecule has 5 nitrogen and oxygen atoms in total. The molecule has 5 rings (SSSR count). The fourth-order valence-corrected chi connectivity index (χ4v) is 5.45. The topological polar surface area (TPSA) is 51.7 Å². The van der Waals surface area contributed by atoms with E-state index >= 15 is 0 Å². The number of ether oxygens (including phenoxy) is 2. The van der Waals surface area contributed by atoms with E-state index in [-0.39, 0.29) is 5.91 Å². The van der Waals surface area contributed by atoms with E-state index < -0.39 is 6.29 Å². The molecule has 0 N–H and O–H groups in total. The second kappa shape index (κ2) is 9.32. The van der Waals surface area contributed by atoms with Crippen LogP contribution in [0.4, 0.5) is 0 Å². The lowest BCUT2D eigenvalue weighted by atomic mass is 9.98. The van der Waals surface area contributed by atoms with Gasteiger partial charge in [0.05, 0.1) is 23.9 Å². The summed E-state index contributed by atoms with van der Waals surface area (Å²) in [5, 5.41) is 2.70. The molecule has 2 fully saturated rings. The van der Waals surface area contributed by atoms with Gasteiger partial charge in [-0.3, -0.25) is 9.78 Å². The van der Waals surface area contributed by atoms with Gasteiger partial charge in [0, 0.05) is 35.3 Å². The SMILES string of the molecule is CC1CCN(C(=O)c2ccc(-c3cc(-c4ccnc(C5OCCO5)c4)cs3)c(Cl)c2)CC1. The van der Waals surface area contributed by atoms with Gasteiger partial charge in [0.1, 0.15) is 0 Å². The number of likely N-dealkylation sites (tertiary alicyclic amines) is 1. The van der Waals surface area contributed by atoms with Crippen LogP contribution >= 0.6 is 22.9 Å². The van der Waals surface area contributed by atoms with Crippen molar-refractivity contribution in [3.05, 3.63) is 64.3 Å². The number of hydrogen-bond donors (Lipinski definition) is 0. The number of rotatable bonds is 4. The molecule has 2 aliphatic rings. The second-order valence-electron chi connectivity index (χ2n) is 8.41. The molecule has 0 aliphatic carbocycles. The van der Waals surface area contributed by atoms with Crippen molar-refractivity contribution in [3.8, 4) is 21.6 Å². The van der Waals surface area contributed by atoms with E-state index in [2.05, 4.69) is 23.4 Å². The summed E-state index contributed by atoms with van der Waals surface area (Å²) in [6.07, 6.45) is 3.51. The first-order valence-corrected chi connectivity index (χ1v) is 12.2. The van der Waals surface area contributed by atoms with Crippen LogP contribution in [-0.4, -0.2) is 42.1 Å². The van der Waals surface area contributed by atoms with E-state index in [1.807, 2.05) is 29.2 Å². The van der Waals surface area contributed by atoms with Crippen LogP contribution in [0.1, 0.15) is 42.1 Å². The third-order valence-electron chi connectivity index (χ3n) is 6.13. The summed E-state index contributed by atoms with van der Waals surface area (Å²) >= 11 is 8.26. The number of nitrogens with zero attached hydrogens (tertiary/aromatic N) is 2. The molecule has 0 radical (unpaired) electrons. The Kier molecular flexibility index (Phi) is 6.28. The predicted molar refractivity (Wildman–Crippen MR) is 127 cm³/mol. The largest absolute Gasteiger partial charge is 0.345 e. The van der Waals surface area contributed by atoms with Crippen molar-refractivity contribution in [2.24, 2.45) is 5.92 Å². The molecule has 0 spiro atoms. The Labute approximate surface area is 196 Å². The van der Waals surface area contributed by atoms with Crippen LogP contribution in [0.25, 0.3) is 21.6 Å². The zero-order valence-corrected chi connectivity index (χ0v) is 19.5. The van der Waals surface area contributed by atoms with E-state index in [1.165, 1.54) is 0 Å². The van der Waals surface area contributed by atoms with E-state index in [1.54, 1.807) is 23.6 Å². The molecule has 2 aliphatic heterocycles. The number of carbonyl (C=O) groups excluding carboxylic acids is 1. The van der Waals surface area contributed by atoms with E-state index in [0.29, 0.717) is 29.7 Å². The van der Waals surface area contributed by atoms with Gasteiger partial charge in [-0.05, 0) is 65.6 Å². The van der Waals surface area contributed by atoms with Crippen LogP contribution in [-0.2, 0) is 9.47 Å². The molecule has 1 amide bonds. The van der Waals surface area contributed by atoms with Gasteiger partial charge in [0.2, 0.25) is 6.29 Å². The summed E-state index contributed by atoms with van der Waals surface area (Å²) in [7, 11) is 0. The molecule has 0 atom stereocenters. The standard InChI is InChI=1S/C25H25ClN2O3S/c1-16-5-8-28(9-6-16)24(29)18-2-3-20(21(26)12-18)23-14-19(15-32-23)17-4-7-27-22(13-17)25-30-10-11-31-25/h2-4,7,12-16,25H,5-6,8-11H2,1H3. The van der Waals surface area contributed by atoms with Gasteiger partial charge < -0.3 is 14.4 Å². The fraction of sp³-hybridized carbons (Fsp3) is 0.360. The molecule has 4 heterocycles. The number of benzene rings is 1. The number of thiophene rings is 1. The highest BCUT2D eigenvalue weighted by Crippen LogP contribution is 2.37. The molecular weight excluding hydrogens is 444 g/mol. The van der Waals surface area contributed by atoms with Crippen molar-refractivity contribution >= 4 is 28.8 Å². The van der Waals surface area contributed by atoms with Crippen molar-refractivity contribution in [2.45, 2.75) is 26.1 Å². The molecule has 2 aromatic heterocycles. The predicted octanol–water partition coefficient (Wildman–Crippen LogP) is 6.05. The number of halogens is 1. The molecule has 0 unspecified atom stereocenters. The van der Waals surface area contributed by atoms with Crippen molar-refractivity contribution in [1.29, 1.82) is 0 Å². The Hall–Kier alpha value is -2.25. The fourth-order valence-electron chi connectivity index (χ4n) is 4.16. The van der Waals surface area contributed by atoms with Crippen LogP contribution in [0.3, 0.4) is 0 Å². The van der Waals surface area contributed by atoms with Gasteiger partial charge in [0.25, 0.3) is 5.91 Å². The van der Waals surface area contributed by atoms with Crippen molar-refractivity contribution in [3.63, 3.8) is 0 Å².